The predicted molar refractivity (Wildman–Crippen MR) is 84.1 cm³/mol. The van der Waals surface area contributed by atoms with Crippen LogP contribution in [0, 0.1) is 0 Å². The smallest absolute Gasteiger partial charge is 0.110 e. The van der Waals surface area contributed by atoms with E-state index in [2.05, 4.69) is 48.0 Å². The molecule has 3 rings (SSSR count). The van der Waals surface area contributed by atoms with Gasteiger partial charge in [0.25, 0.3) is 0 Å². The second kappa shape index (κ2) is 5.96. The van der Waals surface area contributed by atoms with E-state index < -0.39 is 0 Å². The van der Waals surface area contributed by atoms with Crippen LogP contribution in [0.5, 0.6) is 0 Å². The number of benzene rings is 1. The minimum atomic E-state index is 0.469. The largest absolute Gasteiger partial charge is 0.325 e. The van der Waals surface area contributed by atoms with Crippen LogP contribution in [0.4, 0.5) is 0 Å². The highest BCUT2D eigenvalue weighted by molar-refractivity contribution is 5.76. The average molecular weight is 271 g/mol. The van der Waals surface area contributed by atoms with Crippen molar-refractivity contribution in [2.75, 3.05) is 6.54 Å². The normalized spacial score (nSPS) is 19.9. The Labute approximate surface area is 121 Å². The SMILES string of the molecule is CC(C)n1c(CCC2CCCCN2)nc2ccccc21. The van der Waals surface area contributed by atoms with Crippen LogP contribution in [0.25, 0.3) is 11.0 Å². The fourth-order valence-corrected chi connectivity index (χ4v) is 3.32. The van der Waals surface area contributed by atoms with E-state index in [4.69, 9.17) is 4.98 Å². The summed E-state index contributed by atoms with van der Waals surface area (Å²) in [5.74, 6) is 1.24. The first kappa shape index (κ1) is 13.6. The van der Waals surface area contributed by atoms with Crippen molar-refractivity contribution in [2.45, 2.75) is 58.0 Å². The Morgan fingerprint density at radius 1 is 1.30 bits per heavy atom. The van der Waals surface area contributed by atoms with Gasteiger partial charge in [-0.2, -0.15) is 0 Å². The maximum Gasteiger partial charge on any atom is 0.110 e. The Bertz CT molecular complexity index is 565. The quantitative estimate of drug-likeness (QED) is 0.919. The van der Waals surface area contributed by atoms with Gasteiger partial charge in [0.15, 0.2) is 0 Å². The number of aryl methyl sites for hydroxylation is 1. The molecule has 1 saturated heterocycles. The number of nitrogens with one attached hydrogen (secondary N) is 1. The summed E-state index contributed by atoms with van der Waals surface area (Å²) >= 11 is 0. The molecule has 1 aromatic carbocycles. The molecule has 3 nitrogen and oxygen atoms in total. The van der Waals surface area contributed by atoms with Crippen LogP contribution < -0.4 is 5.32 Å². The molecule has 1 atom stereocenters. The number of hydrogen-bond acceptors (Lipinski definition) is 2. The Morgan fingerprint density at radius 2 is 2.15 bits per heavy atom. The van der Waals surface area contributed by atoms with Gasteiger partial charge >= 0.3 is 0 Å². The number of para-hydroxylation sites is 2. The molecule has 1 aromatic heterocycles. The third-order valence-electron chi connectivity index (χ3n) is 4.31. The molecule has 20 heavy (non-hydrogen) atoms. The van der Waals surface area contributed by atoms with Crippen LogP contribution in [0.2, 0.25) is 0 Å². The van der Waals surface area contributed by atoms with E-state index in [1.165, 1.54) is 43.6 Å². The monoisotopic (exact) mass is 271 g/mol. The summed E-state index contributed by atoms with van der Waals surface area (Å²) in [6.07, 6.45) is 6.31. The van der Waals surface area contributed by atoms with Crippen molar-refractivity contribution in [3.63, 3.8) is 0 Å². The summed E-state index contributed by atoms with van der Waals surface area (Å²) in [5, 5.41) is 3.63. The molecule has 1 fully saturated rings. The van der Waals surface area contributed by atoms with Gasteiger partial charge in [-0.05, 0) is 51.8 Å². The number of rotatable bonds is 4. The highest BCUT2D eigenvalue weighted by Gasteiger charge is 2.16. The van der Waals surface area contributed by atoms with Gasteiger partial charge in [-0.25, -0.2) is 4.98 Å². The third-order valence-corrected chi connectivity index (χ3v) is 4.31. The van der Waals surface area contributed by atoms with Crippen LogP contribution in [-0.4, -0.2) is 22.1 Å². The second-order valence-corrected chi connectivity index (χ2v) is 6.17. The maximum atomic E-state index is 4.85. The van der Waals surface area contributed by atoms with Crippen LogP contribution in [0.15, 0.2) is 24.3 Å². The molecule has 2 heterocycles. The highest BCUT2D eigenvalue weighted by Crippen LogP contribution is 2.22. The van der Waals surface area contributed by atoms with Gasteiger partial charge in [0.1, 0.15) is 5.82 Å². The van der Waals surface area contributed by atoms with Gasteiger partial charge in [-0.15, -0.1) is 0 Å². The molecule has 0 radical (unpaired) electrons. The van der Waals surface area contributed by atoms with Gasteiger partial charge in [0, 0.05) is 18.5 Å². The maximum absolute atomic E-state index is 4.85. The van der Waals surface area contributed by atoms with Crippen molar-refractivity contribution in [2.24, 2.45) is 0 Å². The zero-order valence-corrected chi connectivity index (χ0v) is 12.6. The number of fused-ring (bicyclic) bond motifs is 1. The first-order chi connectivity index (χ1) is 9.75. The Hall–Kier alpha value is -1.35. The lowest BCUT2D eigenvalue weighted by molar-refractivity contribution is 0.378. The van der Waals surface area contributed by atoms with Crippen molar-refractivity contribution in [1.82, 2.24) is 14.9 Å². The fraction of sp³-hybridized carbons (Fsp3) is 0.588. The summed E-state index contributed by atoms with van der Waals surface area (Å²) in [6, 6.07) is 9.64. The van der Waals surface area contributed by atoms with E-state index in [0.29, 0.717) is 12.1 Å². The summed E-state index contributed by atoms with van der Waals surface area (Å²) < 4.78 is 2.40. The predicted octanol–water partition coefficient (Wildman–Crippen LogP) is 3.69. The van der Waals surface area contributed by atoms with Gasteiger partial charge in [0.05, 0.1) is 11.0 Å². The van der Waals surface area contributed by atoms with Crippen LogP contribution in [0.1, 0.15) is 51.4 Å². The molecule has 1 aliphatic heterocycles. The third kappa shape index (κ3) is 2.73. The molecule has 108 valence electrons. The van der Waals surface area contributed by atoms with Crippen molar-refractivity contribution >= 4 is 11.0 Å². The zero-order chi connectivity index (χ0) is 13.9. The van der Waals surface area contributed by atoms with Crippen molar-refractivity contribution in [3.05, 3.63) is 30.1 Å². The van der Waals surface area contributed by atoms with Crippen molar-refractivity contribution in [1.29, 1.82) is 0 Å². The first-order valence-corrected chi connectivity index (χ1v) is 7.95. The molecule has 0 amide bonds. The van der Waals surface area contributed by atoms with Crippen LogP contribution in [-0.2, 0) is 6.42 Å². The van der Waals surface area contributed by atoms with Crippen LogP contribution in [0.3, 0.4) is 0 Å². The van der Waals surface area contributed by atoms with E-state index >= 15 is 0 Å². The topological polar surface area (TPSA) is 29.9 Å². The second-order valence-electron chi connectivity index (χ2n) is 6.17. The molecule has 3 heteroatoms. The van der Waals surface area contributed by atoms with Crippen molar-refractivity contribution < 1.29 is 0 Å². The van der Waals surface area contributed by atoms with Crippen LogP contribution >= 0.6 is 0 Å². The van der Waals surface area contributed by atoms with Gasteiger partial charge in [-0.1, -0.05) is 18.6 Å². The van der Waals surface area contributed by atoms with E-state index in [9.17, 15) is 0 Å². The van der Waals surface area contributed by atoms with Gasteiger partial charge in [-0.3, -0.25) is 0 Å². The number of nitrogens with zero attached hydrogens (tertiary/aromatic N) is 2. The van der Waals surface area contributed by atoms with E-state index in [-0.39, 0.29) is 0 Å². The molecule has 2 aromatic rings. The number of imidazole rings is 1. The van der Waals surface area contributed by atoms with Gasteiger partial charge in [0.2, 0.25) is 0 Å². The molecule has 1 unspecified atom stereocenters. The highest BCUT2D eigenvalue weighted by atomic mass is 15.1. The number of hydrogen-bond donors (Lipinski definition) is 1. The lowest BCUT2D eigenvalue weighted by Gasteiger charge is -2.23. The molecule has 1 N–H and O–H groups in total. The molecule has 0 bridgehead atoms. The zero-order valence-electron chi connectivity index (χ0n) is 12.6. The molecular weight excluding hydrogens is 246 g/mol. The van der Waals surface area contributed by atoms with Gasteiger partial charge < -0.3 is 9.88 Å². The van der Waals surface area contributed by atoms with Crippen molar-refractivity contribution in [3.8, 4) is 0 Å². The molecular formula is C17H25N3. The lowest BCUT2D eigenvalue weighted by Crippen LogP contribution is -2.34. The summed E-state index contributed by atoms with van der Waals surface area (Å²) in [4.78, 5) is 4.85. The Balaban J connectivity index is 1.81. The summed E-state index contributed by atoms with van der Waals surface area (Å²) in [6.45, 7) is 5.68. The fourth-order valence-electron chi connectivity index (χ4n) is 3.32. The summed E-state index contributed by atoms with van der Waals surface area (Å²) in [7, 11) is 0. The standard InChI is InChI=1S/C17H25N3/c1-13(2)20-16-9-4-3-8-15(16)19-17(20)11-10-14-7-5-6-12-18-14/h3-4,8-9,13-14,18H,5-7,10-12H2,1-2H3. The molecule has 0 spiro atoms. The lowest BCUT2D eigenvalue weighted by atomic mass is 10.0. The Morgan fingerprint density at radius 3 is 2.90 bits per heavy atom. The number of aromatic nitrogens is 2. The van der Waals surface area contributed by atoms with E-state index in [1.807, 2.05) is 0 Å². The number of piperidine rings is 1. The first-order valence-electron chi connectivity index (χ1n) is 7.95. The molecule has 1 aliphatic rings. The average Bonchev–Trinajstić information content (AvgIpc) is 2.84. The summed E-state index contributed by atoms with van der Waals surface area (Å²) in [5.41, 5.74) is 2.40. The Kier molecular flexibility index (Phi) is 4.06. The minimum Gasteiger partial charge on any atom is -0.325 e. The van der Waals surface area contributed by atoms with E-state index in [0.717, 1.165) is 11.9 Å². The molecule has 0 aliphatic carbocycles. The van der Waals surface area contributed by atoms with E-state index in [1.54, 1.807) is 0 Å². The molecule has 0 saturated carbocycles. The minimum absolute atomic E-state index is 0.469.